The number of ether oxygens (including phenoxy) is 1. The van der Waals surface area contributed by atoms with Crippen molar-refractivity contribution < 1.29 is 14.1 Å². The molecule has 0 aliphatic rings. The number of fused-ring (bicyclic) bond motifs is 1. The summed E-state index contributed by atoms with van der Waals surface area (Å²) >= 11 is 0. The highest BCUT2D eigenvalue weighted by atomic mass is 16.5. The van der Waals surface area contributed by atoms with Crippen molar-refractivity contribution in [3.63, 3.8) is 0 Å². The van der Waals surface area contributed by atoms with E-state index >= 15 is 0 Å². The van der Waals surface area contributed by atoms with Gasteiger partial charge in [-0.15, -0.1) is 0 Å². The first kappa shape index (κ1) is 17.7. The van der Waals surface area contributed by atoms with Gasteiger partial charge in [-0.3, -0.25) is 4.79 Å². The van der Waals surface area contributed by atoms with Crippen LogP contribution >= 0.6 is 0 Å². The maximum atomic E-state index is 12.9. The van der Waals surface area contributed by atoms with E-state index in [0.29, 0.717) is 33.5 Å². The molecule has 0 aliphatic carbocycles. The Labute approximate surface area is 160 Å². The number of aromatic nitrogens is 3. The largest absolute Gasteiger partial charge is 0.456 e. The van der Waals surface area contributed by atoms with Gasteiger partial charge in [0, 0.05) is 5.39 Å². The van der Waals surface area contributed by atoms with Crippen molar-refractivity contribution >= 4 is 16.7 Å². The summed E-state index contributed by atoms with van der Waals surface area (Å²) < 4.78 is 11.8. The highest BCUT2D eigenvalue weighted by Gasteiger charge is 2.20. The molecule has 28 heavy (non-hydrogen) atoms. The summed E-state index contributed by atoms with van der Waals surface area (Å²) in [6.45, 7) is 3.55. The van der Waals surface area contributed by atoms with Crippen molar-refractivity contribution in [3.8, 4) is 5.69 Å². The summed E-state index contributed by atoms with van der Waals surface area (Å²) in [7, 11) is 0. The van der Waals surface area contributed by atoms with Crippen molar-refractivity contribution in [2.45, 2.75) is 20.5 Å². The monoisotopic (exact) mass is 375 g/mol. The number of nitrogens with zero attached hydrogens (tertiary/aromatic N) is 3. The summed E-state index contributed by atoms with van der Waals surface area (Å²) in [4.78, 5) is 25.7. The molecule has 2 heterocycles. The van der Waals surface area contributed by atoms with Crippen LogP contribution in [-0.4, -0.2) is 20.9 Å². The van der Waals surface area contributed by atoms with Crippen LogP contribution in [0.2, 0.25) is 0 Å². The number of esters is 1. The number of hydrogen-bond acceptors (Lipinski definition) is 6. The molecule has 7 heteroatoms. The molecule has 4 aromatic rings. The summed E-state index contributed by atoms with van der Waals surface area (Å²) in [6, 6.07) is 15.8. The molecule has 0 spiro atoms. The molecule has 0 saturated carbocycles. The molecule has 0 N–H and O–H groups in total. The van der Waals surface area contributed by atoms with E-state index in [0.717, 1.165) is 0 Å². The lowest BCUT2D eigenvalue weighted by molar-refractivity contribution is 0.0464. The second-order valence-electron chi connectivity index (χ2n) is 6.33. The SMILES string of the molecule is Cc1noc(C)c1COC(=O)c1nn(-c2ccccc2)c(=O)c2ccccc12. The average molecular weight is 375 g/mol. The number of rotatable bonds is 4. The number of aryl methyl sites for hydroxylation is 2. The van der Waals surface area contributed by atoms with Gasteiger partial charge in [-0.25, -0.2) is 4.79 Å². The van der Waals surface area contributed by atoms with Gasteiger partial charge in [-0.05, 0) is 32.0 Å². The van der Waals surface area contributed by atoms with Gasteiger partial charge in [0.05, 0.1) is 22.3 Å². The van der Waals surface area contributed by atoms with Crippen molar-refractivity contribution in [2.75, 3.05) is 0 Å². The summed E-state index contributed by atoms with van der Waals surface area (Å²) in [5.74, 6) is -0.0294. The molecule has 2 aromatic carbocycles. The predicted molar refractivity (Wildman–Crippen MR) is 102 cm³/mol. The van der Waals surface area contributed by atoms with Crippen molar-refractivity contribution in [1.29, 1.82) is 0 Å². The molecule has 140 valence electrons. The Balaban J connectivity index is 1.78. The lowest BCUT2D eigenvalue weighted by Gasteiger charge is -2.11. The fraction of sp³-hybridized carbons (Fsp3) is 0.143. The molecule has 0 amide bonds. The summed E-state index contributed by atoms with van der Waals surface area (Å²) in [5, 5.41) is 9.00. The predicted octanol–water partition coefficient (Wildman–Crippen LogP) is 3.35. The Hall–Kier alpha value is -3.74. The van der Waals surface area contributed by atoms with Gasteiger partial charge in [-0.1, -0.05) is 41.6 Å². The van der Waals surface area contributed by atoms with Gasteiger partial charge < -0.3 is 9.26 Å². The zero-order valence-electron chi connectivity index (χ0n) is 15.4. The molecule has 2 aromatic heterocycles. The minimum absolute atomic E-state index is 0.0144. The Morgan fingerprint density at radius 2 is 1.71 bits per heavy atom. The first-order valence-electron chi connectivity index (χ1n) is 8.72. The quantitative estimate of drug-likeness (QED) is 0.509. The van der Waals surface area contributed by atoms with Gasteiger partial charge in [0.15, 0.2) is 5.69 Å². The van der Waals surface area contributed by atoms with Gasteiger partial charge in [0.2, 0.25) is 0 Å². The van der Waals surface area contributed by atoms with Gasteiger partial charge in [-0.2, -0.15) is 9.78 Å². The number of para-hydroxylation sites is 1. The lowest BCUT2D eigenvalue weighted by atomic mass is 10.1. The van der Waals surface area contributed by atoms with E-state index in [1.807, 2.05) is 6.07 Å². The van der Waals surface area contributed by atoms with Gasteiger partial charge >= 0.3 is 5.97 Å². The average Bonchev–Trinajstić information content (AvgIpc) is 3.05. The van der Waals surface area contributed by atoms with Crippen LogP contribution in [0.15, 0.2) is 63.9 Å². The minimum atomic E-state index is -0.624. The fourth-order valence-electron chi connectivity index (χ4n) is 3.00. The highest BCUT2D eigenvalue weighted by molar-refractivity contribution is 6.02. The second-order valence-corrected chi connectivity index (χ2v) is 6.33. The summed E-state index contributed by atoms with van der Waals surface area (Å²) in [5.41, 5.74) is 1.72. The smallest absolute Gasteiger partial charge is 0.359 e. The van der Waals surface area contributed by atoms with E-state index in [1.54, 1.807) is 62.4 Å². The Morgan fingerprint density at radius 3 is 2.39 bits per heavy atom. The molecule has 0 aliphatic heterocycles. The molecule has 0 atom stereocenters. The Kier molecular flexibility index (Phi) is 4.49. The Morgan fingerprint density at radius 1 is 1.04 bits per heavy atom. The van der Waals surface area contributed by atoms with Crippen LogP contribution in [0.5, 0.6) is 0 Å². The normalized spacial score (nSPS) is 10.9. The zero-order valence-corrected chi connectivity index (χ0v) is 15.4. The van der Waals surface area contributed by atoms with Crippen molar-refractivity contribution in [3.05, 3.63) is 87.7 Å². The van der Waals surface area contributed by atoms with E-state index in [-0.39, 0.29) is 17.9 Å². The first-order chi connectivity index (χ1) is 13.6. The fourth-order valence-corrected chi connectivity index (χ4v) is 3.00. The number of carbonyl (C=O) groups is 1. The first-order valence-corrected chi connectivity index (χ1v) is 8.72. The number of hydrogen-bond donors (Lipinski definition) is 0. The van der Waals surface area contributed by atoms with Crippen LogP contribution in [0.4, 0.5) is 0 Å². The van der Waals surface area contributed by atoms with E-state index < -0.39 is 5.97 Å². The van der Waals surface area contributed by atoms with E-state index in [1.165, 1.54) is 4.68 Å². The number of benzene rings is 2. The topological polar surface area (TPSA) is 87.2 Å². The molecule has 0 fully saturated rings. The Bertz CT molecular complexity index is 1210. The molecule has 0 unspecified atom stereocenters. The summed E-state index contributed by atoms with van der Waals surface area (Å²) in [6.07, 6.45) is 0. The third-order valence-electron chi connectivity index (χ3n) is 4.53. The molecule has 0 bridgehead atoms. The zero-order chi connectivity index (χ0) is 19.7. The maximum absolute atomic E-state index is 12.9. The minimum Gasteiger partial charge on any atom is -0.456 e. The number of carbonyl (C=O) groups excluding carboxylic acids is 1. The molecular formula is C21H17N3O4. The van der Waals surface area contributed by atoms with Crippen LogP contribution in [0.3, 0.4) is 0 Å². The standard InChI is InChI=1S/C21H17N3O4/c1-13-18(14(2)28-23-13)12-27-21(26)19-16-10-6-7-11-17(16)20(25)24(22-19)15-8-4-3-5-9-15/h3-11H,12H2,1-2H3. The van der Waals surface area contributed by atoms with Gasteiger partial charge in [0.1, 0.15) is 12.4 Å². The maximum Gasteiger partial charge on any atom is 0.359 e. The van der Waals surface area contributed by atoms with Gasteiger partial charge in [0.25, 0.3) is 5.56 Å². The third-order valence-corrected chi connectivity index (χ3v) is 4.53. The molecule has 0 radical (unpaired) electrons. The second kappa shape index (κ2) is 7.11. The van der Waals surface area contributed by atoms with E-state index in [4.69, 9.17) is 9.26 Å². The third kappa shape index (κ3) is 3.07. The van der Waals surface area contributed by atoms with Crippen molar-refractivity contribution in [1.82, 2.24) is 14.9 Å². The molecule has 7 nitrogen and oxygen atoms in total. The van der Waals surface area contributed by atoms with Crippen LogP contribution in [0.25, 0.3) is 16.5 Å². The highest BCUT2D eigenvalue weighted by Crippen LogP contribution is 2.18. The van der Waals surface area contributed by atoms with Crippen LogP contribution in [0.1, 0.15) is 27.5 Å². The van der Waals surface area contributed by atoms with Crippen LogP contribution < -0.4 is 5.56 Å². The lowest BCUT2D eigenvalue weighted by Crippen LogP contribution is -2.25. The van der Waals surface area contributed by atoms with E-state index in [2.05, 4.69) is 10.3 Å². The van der Waals surface area contributed by atoms with Crippen molar-refractivity contribution in [2.24, 2.45) is 0 Å². The molecule has 0 saturated heterocycles. The molecule has 4 rings (SSSR count). The van der Waals surface area contributed by atoms with Crippen LogP contribution in [-0.2, 0) is 11.3 Å². The molecular weight excluding hydrogens is 358 g/mol. The van der Waals surface area contributed by atoms with Crippen LogP contribution in [0, 0.1) is 13.8 Å². The van der Waals surface area contributed by atoms with E-state index in [9.17, 15) is 9.59 Å².